The predicted octanol–water partition coefficient (Wildman–Crippen LogP) is 4.23. The average Bonchev–Trinajstić information content (AvgIpc) is 3.17. The smallest absolute Gasteiger partial charge is 0.251 e. The number of hydrogen-bond acceptors (Lipinski definition) is 4. The maximum Gasteiger partial charge on any atom is 0.251 e. The van der Waals surface area contributed by atoms with Gasteiger partial charge in [0.1, 0.15) is 11.3 Å². The van der Waals surface area contributed by atoms with Gasteiger partial charge in [0, 0.05) is 38.0 Å². The van der Waals surface area contributed by atoms with Crippen molar-refractivity contribution in [1.82, 2.24) is 19.9 Å². The van der Waals surface area contributed by atoms with Gasteiger partial charge in [0.15, 0.2) is 0 Å². The number of anilines is 2. The van der Waals surface area contributed by atoms with Gasteiger partial charge in [-0.05, 0) is 35.7 Å². The van der Waals surface area contributed by atoms with E-state index in [0.717, 1.165) is 40.1 Å². The maximum absolute atomic E-state index is 12.6. The van der Waals surface area contributed by atoms with Crippen LogP contribution in [0.25, 0.3) is 11.0 Å². The molecule has 0 aliphatic carbocycles. The second-order valence-corrected chi connectivity index (χ2v) is 7.31. The quantitative estimate of drug-likeness (QED) is 0.527. The van der Waals surface area contributed by atoms with Crippen LogP contribution in [0.3, 0.4) is 0 Å². The lowest BCUT2D eigenvalue weighted by molar-refractivity contribution is 0.0951. The minimum absolute atomic E-state index is 0.0721. The average molecular weight is 399 g/mol. The first-order chi connectivity index (χ1) is 14.6. The third-order valence-electron chi connectivity index (χ3n) is 5.32. The highest BCUT2D eigenvalue weighted by Crippen LogP contribution is 2.28. The standard InChI is InChI=1S/C24H25N5O/c1-4-18-12-19(24(30)26-14-17-8-6-5-7-9-17)10-11-21(18)29(3)23-13-22-20(15-25-23)27-16-28(22)2/h5-13,15-16H,4,14H2,1-3H3,(H,26,30). The summed E-state index contributed by atoms with van der Waals surface area (Å²) in [7, 11) is 3.97. The highest BCUT2D eigenvalue weighted by atomic mass is 16.1. The Bertz CT molecular complexity index is 1180. The van der Waals surface area contributed by atoms with Crippen LogP contribution in [-0.4, -0.2) is 27.5 Å². The monoisotopic (exact) mass is 399 g/mol. The number of nitrogens with zero attached hydrogens (tertiary/aromatic N) is 4. The van der Waals surface area contributed by atoms with Gasteiger partial charge in [-0.2, -0.15) is 0 Å². The molecule has 152 valence electrons. The summed E-state index contributed by atoms with van der Waals surface area (Å²) in [5.41, 5.74) is 5.77. The van der Waals surface area contributed by atoms with Crippen molar-refractivity contribution in [2.45, 2.75) is 19.9 Å². The summed E-state index contributed by atoms with van der Waals surface area (Å²) in [6, 6.07) is 17.8. The number of aryl methyl sites for hydroxylation is 2. The molecule has 0 unspecified atom stereocenters. The summed E-state index contributed by atoms with van der Waals surface area (Å²) >= 11 is 0. The van der Waals surface area contributed by atoms with E-state index >= 15 is 0 Å². The van der Waals surface area contributed by atoms with Gasteiger partial charge in [-0.25, -0.2) is 9.97 Å². The Morgan fingerprint density at radius 1 is 1.10 bits per heavy atom. The molecular weight excluding hydrogens is 374 g/mol. The number of fused-ring (bicyclic) bond motifs is 1. The van der Waals surface area contributed by atoms with E-state index in [1.165, 1.54) is 0 Å². The lowest BCUT2D eigenvalue weighted by atomic mass is 10.0. The van der Waals surface area contributed by atoms with Gasteiger partial charge in [-0.1, -0.05) is 37.3 Å². The van der Waals surface area contributed by atoms with Crippen molar-refractivity contribution in [3.05, 3.63) is 83.8 Å². The van der Waals surface area contributed by atoms with Gasteiger partial charge in [0.05, 0.1) is 18.0 Å². The largest absolute Gasteiger partial charge is 0.348 e. The number of aromatic nitrogens is 3. The van der Waals surface area contributed by atoms with Crippen LogP contribution < -0.4 is 10.2 Å². The van der Waals surface area contributed by atoms with Crippen LogP contribution in [-0.2, 0) is 20.0 Å². The fourth-order valence-corrected chi connectivity index (χ4v) is 3.54. The number of carbonyl (C=O) groups excluding carboxylic acids is 1. The number of imidazole rings is 1. The zero-order valence-corrected chi connectivity index (χ0v) is 17.5. The molecule has 0 spiro atoms. The second kappa shape index (κ2) is 8.37. The molecule has 0 radical (unpaired) electrons. The Morgan fingerprint density at radius 2 is 1.90 bits per heavy atom. The van der Waals surface area contributed by atoms with Gasteiger partial charge in [0.25, 0.3) is 5.91 Å². The Hall–Kier alpha value is -3.67. The topological polar surface area (TPSA) is 63.1 Å². The van der Waals surface area contributed by atoms with Crippen molar-refractivity contribution in [2.75, 3.05) is 11.9 Å². The van der Waals surface area contributed by atoms with Crippen molar-refractivity contribution >= 4 is 28.4 Å². The van der Waals surface area contributed by atoms with Crippen LogP contribution in [0, 0.1) is 0 Å². The fraction of sp³-hybridized carbons (Fsp3) is 0.208. The van der Waals surface area contributed by atoms with E-state index < -0.39 is 0 Å². The van der Waals surface area contributed by atoms with E-state index in [0.29, 0.717) is 12.1 Å². The van der Waals surface area contributed by atoms with E-state index in [9.17, 15) is 4.79 Å². The summed E-state index contributed by atoms with van der Waals surface area (Å²) in [6.07, 6.45) is 4.39. The molecule has 1 amide bonds. The predicted molar refractivity (Wildman–Crippen MR) is 120 cm³/mol. The van der Waals surface area contributed by atoms with Gasteiger partial charge in [-0.15, -0.1) is 0 Å². The van der Waals surface area contributed by atoms with Gasteiger partial charge >= 0.3 is 0 Å². The maximum atomic E-state index is 12.6. The molecule has 2 aromatic carbocycles. The molecule has 4 aromatic rings. The summed E-state index contributed by atoms with van der Waals surface area (Å²) in [4.78, 5) is 23.6. The summed E-state index contributed by atoms with van der Waals surface area (Å²) < 4.78 is 1.98. The molecule has 0 bridgehead atoms. The number of rotatable bonds is 6. The molecule has 6 heteroatoms. The first kappa shape index (κ1) is 19.6. The van der Waals surface area contributed by atoms with Crippen molar-refractivity contribution < 1.29 is 4.79 Å². The molecule has 1 N–H and O–H groups in total. The normalized spacial score (nSPS) is 10.9. The molecular formula is C24H25N5O. The summed E-state index contributed by atoms with van der Waals surface area (Å²) in [5, 5.41) is 3.00. The lowest BCUT2D eigenvalue weighted by Gasteiger charge is -2.22. The number of hydrogen-bond donors (Lipinski definition) is 1. The number of amides is 1. The van der Waals surface area contributed by atoms with E-state index in [1.807, 2.05) is 73.3 Å². The highest BCUT2D eigenvalue weighted by molar-refractivity contribution is 5.95. The van der Waals surface area contributed by atoms with Gasteiger partial charge < -0.3 is 14.8 Å². The minimum Gasteiger partial charge on any atom is -0.348 e. The molecule has 0 saturated carbocycles. The highest BCUT2D eigenvalue weighted by Gasteiger charge is 2.14. The molecule has 2 aromatic heterocycles. The number of nitrogens with one attached hydrogen (secondary N) is 1. The van der Waals surface area contributed by atoms with E-state index in [-0.39, 0.29) is 5.91 Å². The Kier molecular flexibility index (Phi) is 5.48. The Labute approximate surface area is 176 Å². The van der Waals surface area contributed by atoms with E-state index in [2.05, 4.69) is 27.1 Å². The minimum atomic E-state index is -0.0721. The first-order valence-electron chi connectivity index (χ1n) is 10.0. The third kappa shape index (κ3) is 3.89. The van der Waals surface area contributed by atoms with Crippen molar-refractivity contribution in [3.63, 3.8) is 0 Å². The lowest BCUT2D eigenvalue weighted by Crippen LogP contribution is -2.23. The van der Waals surface area contributed by atoms with E-state index in [4.69, 9.17) is 0 Å². The van der Waals surface area contributed by atoms with Crippen molar-refractivity contribution in [1.29, 1.82) is 0 Å². The van der Waals surface area contributed by atoms with Crippen LogP contribution in [0.15, 0.2) is 67.1 Å². The van der Waals surface area contributed by atoms with Crippen molar-refractivity contribution in [3.8, 4) is 0 Å². The SMILES string of the molecule is CCc1cc(C(=O)NCc2ccccc2)ccc1N(C)c1cc2c(cn1)ncn2C. The molecule has 6 nitrogen and oxygen atoms in total. The number of pyridine rings is 1. The summed E-state index contributed by atoms with van der Waals surface area (Å²) in [6.45, 7) is 2.60. The fourth-order valence-electron chi connectivity index (χ4n) is 3.54. The third-order valence-corrected chi connectivity index (χ3v) is 5.32. The molecule has 0 aliphatic heterocycles. The molecule has 0 saturated heterocycles. The van der Waals surface area contributed by atoms with Crippen LogP contribution in [0.4, 0.5) is 11.5 Å². The first-order valence-corrected chi connectivity index (χ1v) is 10.0. The van der Waals surface area contributed by atoms with Gasteiger partial charge in [-0.3, -0.25) is 4.79 Å². The van der Waals surface area contributed by atoms with Crippen LogP contribution >= 0.6 is 0 Å². The van der Waals surface area contributed by atoms with Crippen LogP contribution in [0.5, 0.6) is 0 Å². The van der Waals surface area contributed by atoms with Crippen LogP contribution in [0.2, 0.25) is 0 Å². The van der Waals surface area contributed by atoms with Gasteiger partial charge in [0.2, 0.25) is 0 Å². The Morgan fingerprint density at radius 3 is 2.67 bits per heavy atom. The Balaban J connectivity index is 1.56. The zero-order valence-electron chi connectivity index (χ0n) is 17.5. The number of carbonyl (C=O) groups is 1. The number of benzene rings is 2. The van der Waals surface area contributed by atoms with Crippen molar-refractivity contribution in [2.24, 2.45) is 7.05 Å². The molecule has 0 fully saturated rings. The molecule has 4 rings (SSSR count). The second-order valence-electron chi connectivity index (χ2n) is 7.31. The molecule has 2 heterocycles. The zero-order chi connectivity index (χ0) is 21.1. The van der Waals surface area contributed by atoms with Crippen LogP contribution in [0.1, 0.15) is 28.4 Å². The molecule has 0 aliphatic rings. The summed E-state index contributed by atoms with van der Waals surface area (Å²) in [5.74, 6) is 0.763. The molecule has 0 atom stereocenters. The molecule has 30 heavy (non-hydrogen) atoms. The van der Waals surface area contributed by atoms with E-state index in [1.54, 1.807) is 12.5 Å².